The highest BCUT2D eigenvalue weighted by atomic mass is 16.5. The van der Waals surface area contributed by atoms with Gasteiger partial charge in [-0.1, -0.05) is 25.8 Å². The van der Waals surface area contributed by atoms with Crippen molar-refractivity contribution in [2.75, 3.05) is 31.2 Å². The van der Waals surface area contributed by atoms with E-state index in [0.717, 1.165) is 18.7 Å². The predicted molar refractivity (Wildman–Crippen MR) is 91.6 cm³/mol. The van der Waals surface area contributed by atoms with Crippen LogP contribution in [0.1, 0.15) is 38.7 Å². The highest BCUT2D eigenvalue weighted by molar-refractivity contribution is 5.76. The molecule has 0 radical (unpaired) electrons. The summed E-state index contributed by atoms with van der Waals surface area (Å²) in [6.07, 6.45) is -0.988. The Morgan fingerprint density at radius 1 is 1.28 bits per heavy atom. The summed E-state index contributed by atoms with van der Waals surface area (Å²) in [4.78, 5) is 13.0. The van der Waals surface area contributed by atoms with Crippen molar-refractivity contribution >= 4 is 11.5 Å². The predicted octanol–water partition coefficient (Wildman–Crippen LogP) is 0.405. The number of ether oxygens (including phenoxy) is 1. The summed E-state index contributed by atoms with van der Waals surface area (Å²) in [6.45, 7) is 7.08. The first kappa shape index (κ1) is 19.7. The van der Waals surface area contributed by atoms with E-state index in [1.54, 1.807) is 19.1 Å². The van der Waals surface area contributed by atoms with E-state index in [9.17, 15) is 20.1 Å². The largest absolute Gasteiger partial charge is 0.851 e. The number of benzene rings is 1. The minimum Gasteiger partial charge on any atom is -0.851 e. The number of rotatable bonds is 9. The van der Waals surface area contributed by atoms with Crippen LogP contribution in [-0.2, 0) is 9.53 Å². The standard InChI is InChI=1S/C19H27NO5/c1-4-7-20(8-9-25-11-12(2)21)14-5-6-15(16(22)10-14)17-18(23)13(3)19(17)24/h5-6,10,13,17-19,22H,4,7-9,11H2,1-3H3/q-2. The zero-order valence-electron chi connectivity index (χ0n) is 15.1. The van der Waals surface area contributed by atoms with Gasteiger partial charge < -0.3 is 25.0 Å². The van der Waals surface area contributed by atoms with Crippen LogP contribution < -0.4 is 15.1 Å². The quantitative estimate of drug-likeness (QED) is 0.649. The minimum absolute atomic E-state index is 0.00172. The smallest absolute Gasteiger partial charge is 0.155 e. The van der Waals surface area contributed by atoms with E-state index in [2.05, 4.69) is 11.8 Å². The van der Waals surface area contributed by atoms with Crippen LogP contribution in [-0.4, -0.2) is 49.4 Å². The molecule has 0 bridgehead atoms. The lowest BCUT2D eigenvalue weighted by atomic mass is 9.66. The normalized spacial score (nSPS) is 25.5. The van der Waals surface area contributed by atoms with Gasteiger partial charge in [0.05, 0.1) is 6.61 Å². The molecule has 140 valence electrons. The Morgan fingerprint density at radius 2 is 1.96 bits per heavy atom. The lowest BCUT2D eigenvalue weighted by Gasteiger charge is -2.60. The number of hydrogen-bond acceptors (Lipinski definition) is 6. The molecule has 1 N–H and O–H groups in total. The second-order valence-electron chi connectivity index (χ2n) is 6.80. The zero-order valence-corrected chi connectivity index (χ0v) is 15.1. The molecule has 25 heavy (non-hydrogen) atoms. The van der Waals surface area contributed by atoms with Gasteiger partial charge in [0.15, 0.2) is 5.78 Å². The molecule has 1 aromatic carbocycles. The number of phenolic OH excluding ortho intramolecular Hbond substituents is 1. The third-order valence-electron chi connectivity index (χ3n) is 4.79. The Kier molecular flexibility index (Phi) is 6.81. The average molecular weight is 349 g/mol. The van der Waals surface area contributed by atoms with Crippen LogP contribution in [0, 0.1) is 5.92 Å². The number of anilines is 1. The van der Waals surface area contributed by atoms with Crippen molar-refractivity contribution in [2.45, 2.75) is 45.3 Å². The molecule has 1 aliphatic rings. The van der Waals surface area contributed by atoms with E-state index < -0.39 is 24.0 Å². The number of ketones is 1. The van der Waals surface area contributed by atoms with Crippen molar-refractivity contribution < 1.29 is 24.9 Å². The Hall–Kier alpha value is -1.63. The fraction of sp³-hybridized carbons (Fsp3) is 0.632. The summed E-state index contributed by atoms with van der Waals surface area (Å²) in [5.74, 6) is -1.08. The Labute approximate surface area is 149 Å². The van der Waals surface area contributed by atoms with Crippen molar-refractivity contribution in [1.82, 2.24) is 0 Å². The summed E-state index contributed by atoms with van der Waals surface area (Å²) in [6, 6.07) is 5.13. The molecule has 1 aromatic rings. The molecule has 0 heterocycles. The summed E-state index contributed by atoms with van der Waals surface area (Å²) < 4.78 is 5.32. The summed E-state index contributed by atoms with van der Waals surface area (Å²) in [5, 5.41) is 34.3. The van der Waals surface area contributed by atoms with E-state index in [1.165, 1.54) is 6.92 Å². The van der Waals surface area contributed by atoms with Crippen molar-refractivity contribution in [3.8, 4) is 5.75 Å². The van der Waals surface area contributed by atoms with Gasteiger partial charge in [-0.25, -0.2) is 0 Å². The van der Waals surface area contributed by atoms with Gasteiger partial charge in [-0.3, -0.25) is 4.79 Å². The number of carbonyl (C=O) groups is 1. The Balaban J connectivity index is 2.06. The number of carbonyl (C=O) groups excluding carboxylic acids is 1. The number of aromatic hydroxyl groups is 1. The fourth-order valence-electron chi connectivity index (χ4n) is 3.28. The van der Waals surface area contributed by atoms with Crippen molar-refractivity contribution in [3.63, 3.8) is 0 Å². The van der Waals surface area contributed by atoms with Crippen LogP contribution in [0.25, 0.3) is 0 Å². The molecule has 6 nitrogen and oxygen atoms in total. The van der Waals surface area contributed by atoms with Crippen molar-refractivity contribution in [3.05, 3.63) is 23.8 Å². The maximum Gasteiger partial charge on any atom is 0.155 e. The molecule has 0 aromatic heterocycles. The van der Waals surface area contributed by atoms with Crippen LogP contribution in [0.3, 0.4) is 0 Å². The van der Waals surface area contributed by atoms with E-state index in [4.69, 9.17) is 4.74 Å². The highest BCUT2D eigenvalue weighted by Crippen LogP contribution is 2.43. The van der Waals surface area contributed by atoms with Gasteiger partial charge in [-0.2, -0.15) is 0 Å². The Morgan fingerprint density at radius 3 is 2.52 bits per heavy atom. The van der Waals surface area contributed by atoms with Gasteiger partial charge in [0.1, 0.15) is 12.4 Å². The molecule has 2 atom stereocenters. The van der Waals surface area contributed by atoms with Gasteiger partial charge in [-0.05, 0) is 30.9 Å². The molecule has 0 spiro atoms. The topological polar surface area (TPSA) is 95.9 Å². The van der Waals surface area contributed by atoms with Gasteiger partial charge >= 0.3 is 0 Å². The van der Waals surface area contributed by atoms with E-state index in [0.29, 0.717) is 18.7 Å². The van der Waals surface area contributed by atoms with Crippen molar-refractivity contribution in [1.29, 1.82) is 0 Å². The molecule has 1 aliphatic carbocycles. The average Bonchev–Trinajstić information content (AvgIpc) is 2.58. The first-order valence-electron chi connectivity index (χ1n) is 8.83. The van der Waals surface area contributed by atoms with Gasteiger partial charge in [0, 0.05) is 24.8 Å². The summed E-state index contributed by atoms with van der Waals surface area (Å²) in [7, 11) is 0. The van der Waals surface area contributed by atoms with E-state index in [-0.39, 0.29) is 18.1 Å². The summed E-state index contributed by atoms with van der Waals surface area (Å²) in [5.41, 5.74) is 1.26. The molecule has 2 unspecified atom stereocenters. The summed E-state index contributed by atoms with van der Waals surface area (Å²) >= 11 is 0. The molecule has 0 saturated heterocycles. The number of phenols is 1. The Bertz CT molecular complexity index is 581. The molecule has 0 amide bonds. The maximum atomic E-state index is 12.0. The van der Waals surface area contributed by atoms with Crippen molar-refractivity contribution in [2.24, 2.45) is 5.92 Å². The molecular formula is C19H27NO5-2. The molecule has 1 saturated carbocycles. The van der Waals surface area contributed by atoms with Gasteiger partial charge in [0.25, 0.3) is 0 Å². The van der Waals surface area contributed by atoms with Crippen LogP contribution >= 0.6 is 0 Å². The first-order chi connectivity index (χ1) is 11.9. The second-order valence-corrected chi connectivity index (χ2v) is 6.80. The lowest BCUT2D eigenvalue weighted by Crippen LogP contribution is -2.64. The molecule has 1 fully saturated rings. The van der Waals surface area contributed by atoms with Gasteiger partial charge in [-0.15, -0.1) is 12.2 Å². The third-order valence-corrected chi connectivity index (χ3v) is 4.79. The van der Waals surface area contributed by atoms with E-state index in [1.807, 2.05) is 6.07 Å². The minimum atomic E-state index is -0.953. The lowest BCUT2D eigenvalue weighted by molar-refractivity contribution is -0.547. The zero-order chi connectivity index (χ0) is 18.6. The molecular weight excluding hydrogens is 322 g/mol. The SMILES string of the molecule is CCCN(CCOCC(C)=O)c1ccc(C2C([O-])C(C)C2[O-])c(O)c1. The molecule has 0 aliphatic heterocycles. The number of Topliss-reactive ketones (excluding diaryl/α,β-unsaturated/α-hetero) is 1. The third kappa shape index (κ3) is 4.51. The number of nitrogens with zero attached hydrogens (tertiary/aromatic N) is 1. The van der Waals surface area contributed by atoms with Crippen LogP contribution in [0.4, 0.5) is 5.69 Å². The molecule has 6 heteroatoms. The first-order valence-corrected chi connectivity index (χ1v) is 8.83. The second kappa shape index (κ2) is 8.65. The monoisotopic (exact) mass is 349 g/mol. The molecule has 2 rings (SSSR count). The van der Waals surface area contributed by atoms with Crippen LogP contribution in [0.5, 0.6) is 5.75 Å². The highest BCUT2D eigenvalue weighted by Gasteiger charge is 2.35. The van der Waals surface area contributed by atoms with E-state index >= 15 is 0 Å². The maximum absolute atomic E-state index is 12.0. The van der Waals surface area contributed by atoms with Gasteiger partial charge in [0.2, 0.25) is 0 Å². The number of hydrogen-bond donors (Lipinski definition) is 1. The van der Waals surface area contributed by atoms with Crippen LogP contribution in [0.2, 0.25) is 0 Å². The van der Waals surface area contributed by atoms with Crippen LogP contribution in [0.15, 0.2) is 18.2 Å². The fourth-order valence-corrected chi connectivity index (χ4v) is 3.28.